The molecule has 5 heterocycles. The lowest BCUT2D eigenvalue weighted by atomic mass is 10.0. The fourth-order valence-electron chi connectivity index (χ4n) is 7.40. The second-order valence-electron chi connectivity index (χ2n) is 14.7. The minimum Gasteiger partial charge on any atom is -0.454 e. The Kier molecular flexibility index (Phi) is 12.0. The van der Waals surface area contributed by atoms with Gasteiger partial charge in [0.15, 0.2) is 35.6 Å². The van der Waals surface area contributed by atoms with Gasteiger partial charge in [0.1, 0.15) is 11.5 Å². The fraction of sp³-hybridized carbons (Fsp3) is 0.279. The van der Waals surface area contributed by atoms with Gasteiger partial charge in [-0.3, -0.25) is 25.2 Å². The largest absolute Gasteiger partial charge is 0.454 e. The van der Waals surface area contributed by atoms with E-state index in [2.05, 4.69) is 31.1 Å². The predicted molar refractivity (Wildman–Crippen MR) is 224 cm³/mol. The lowest BCUT2D eigenvalue weighted by Gasteiger charge is -2.23. The molecule has 0 bridgehead atoms. The summed E-state index contributed by atoms with van der Waals surface area (Å²) in [5, 5.41) is 32.3. The summed E-state index contributed by atoms with van der Waals surface area (Å²) in [4.78, 5) is 24.9. The summed E-state index contributed by atoms with van der Waals surface area (Å²) in [6, 6.07) is 17.8. The van der Waals surface area contributed by atoms with Gasteiger partial charge in [-0.2, -0.15) is 10.2 Å². The van der Waals surface area contributed by atoms with Crippen molar-refractivity contribution in [3.63, 3.8) is 0 Å². The Morgan fingerprint density at radius 1 is 0.672 bits per heavy atom. The third-order valence-electron chi connectivity index (χ3n) is 10.3. The second-order valence-corrected chi connectivity index (χ2v) is 15.5. The molecular weight excluding hydrogens is 860 g/mol. The van der Waals surface area contributed by atoms with Crippen LogP contribution in [-0.2, 0) is 9.47 Å². The number of halogens is 3. The van der Waals surface area contributed by atoms with Crippen LogP contribution in [0.5, 0.6) is 23.0 Å². The number of benzene rings is 4. The van der Waals surface area contributed by atoms with E-state index in [1.807, 2.05) is 53.5 Å². The average Bonchev–Trinajstić information content (AvgIpc) is 3.86. The van der Waals surface area contributed by atoms with E-state index < -0.39 is 21.5 Å². The zero-order chi connectivity index (χ0) is 42.8. The quantitative estimate of drug-likeness (QED) is 0.0997. The third kappa shape index (κ3) is 9.06. The van der Waals surface area contributed by atoms with Crippen molar-refractivity contribution in [2.75, 3.05) is 13.2 Å². The van der Waals surface area contributed by atoms with Crippen LogP contribution in [-0.4, -0.2) is 47.6 Å². The number of nitro benzene ring substituents is 2. The first-order valence-corrected chi connectivity index (χ1v) is 20.3. The van der Waals surface area contributed by atoms with Gasteiger partial charge in [0, 0.05) is 53.1 Å². The van der Waals surface area contributed by atoms with Crippen LogP contribution in [0.4, 0.5) is 20.2 Å². The van der Waals surface area contributed by atoms with Gasteiger partial charge in [0.25, 0.3) is 11.4 Å². The summed E-state index contributed by atoms with van der Waals surface area (Å²) in [6.45, 7) is 5.23. The number of hydrogen-bond donors (Lipinski definition) is 0. The lowest BCUT2D eigenvalue weighted by Crippen LogP contribution is -2.18. The summed E-state index contributed by atoms with van der Waals surface area (Å²) in [5.41, 5.74) is 4.37. The first kappa shape index (κ1) is 41.4. The zero-order valence-electron chi connectivity index (χ0n) is 32.9. The minimum absolute atomic E-state index is 0.0938. The molecule has 61 heavy (non-hydrogen) atoms. The Hall–Kier alpha value is -6.37. The number of nitro groups is 2. The molecule has 0 amide bonds. The third-order valence-corrected chi connectivity index (χ3v) is 10.9. The normalized spacial score (nSPS) is 16.5. The van der Waals surface area contributed by atoms with Gasteiger partial charge in [0.05, 0.1) is 49.9 Å². The molecule has 2 aliphatic heterocycles. The molecule has 2 saturated heterocycles. The Bertz CT molecular complexity index is 2770. The van der Waals surface area contributed by atoms with Crippen molar-refractivity contribution in [2.24, 2.45) is 0 Å². The maximum atomic E-state index is 14.6. The van der Waals surface area contributed by atoms with Crippen LogP contribution in [0.2, 0.25) is 0 Å². The Labute approximate surface area is 355 Å². The highest BCUT2D eigenvalue weighted by atomic mass is 79.9. The van der Waals surface area contributed by atoms with E-state index in [0.29, 0.717) is 29.2 Å². The molecule has 2 unspecified atom stereocenters. The van der Waals surface area contributed by atoms with Crippen molar-refractivity contribution < 1.29 is 37.6 Å². The summed E-state index contributed by atoms with van der Waals surface area (Å²) in [6.07, 6.45) is 9.24. The predicted octanol–water partition coefficient (Wildman–Crippen LogP) is 11.6. The number of pyridine rings is 1. The Morgan fingerprint density at radius 3 is 1.64 bits per heavy atom. The van der Waals surface area contributed by atoms with E-state index >= 15 is 0 Å². The molecule has 0 saturated carbocycles. The highest BCUT2D eigenvalue weighted by Gasteiger charge is 2.23. The van der Waals surface area contributed by atoms with Crippen LogP contribution >= 0.6 is 15.9 Å². The van der Waals surface area contributed by atoms with Gasteiger partial charge < -0.3 is 18.9 Å². The lowest BCUT2D eigenvalue weighted by molar-refractivity contribution is -0.385. The van der Waals surface area contributed by atoms with E-state index in [1.54, 1.807) is 18.5 Å². The van der Waals surface area contributed by atoms with Crippen LogP contribution in [0.1, 0.15) is 62.4 Å². The maximum absolute atomic E-state index is 14.6. The van der Waals surface area contributed by atoms with Gasteiger partial charge in [-0.15, -0.1) is 0 Å². The summed E-state index contributed by atoms with van der Waals surface area (Å²) >= 11 is 3.44. The molecule has 314 valence electrons. The first-order valence-electron chi connectivity index (χ1n) is 19.5. The zero-order valence-corrected chi connectivity index (χ0v) is 34.5. The fourth-order valence-corrected chi connectivity index (χ4v) is 7.81. The van der Waals surface area contributed by atoms with Gasteiger partial charge in [-0.05, 0) is 122 Å². The van der Waals surface area contributed by atoms with Gasteiger partial charge in [0.2, 0.25) is 0 Å². The highest BCUT2D eigenvalue weighted by Crippen LogP contribution is 2.41. The minimum atomic E-state index is -0.811. The molecule has 0 radical (unpaired) electrons. The molecule has 0 spiro atoms. The van der Waals surface area contributed by atoms with Crippen LogP contribution in [0.25, 0.3) is 32.9 Å². The molecule has 9 rings (SSSR count). The second kappa shape index (κ2) is 17.7. The molecule has 7 aromatic rings. The smallest absolute Gasteiger partial charge is 0.272 e. The highest BCUT2D eigenvalue weighted by molar-refractivity contribution is 9.10. The Morgan fingerprint density at radius 2 is 1.16 bits per heavy atom. The van der Waals surface area contributed by atoms with Crippen LogP contribution < -0.4 is 9.47 Å². The van der Waals surface area contributed by atoms with E-state index in [4.69, 9.17) is 18.9 Å². The molecule has 2 aliphatic rings. The first-order chi connectivity index (χ1) is 29.4. The number of rotatable bonds is 9. The van der Waals surface area contributed by atoms with Crippen LogP contribution in [0.15, 0.2) is 89.7 Å². The standard InChI is InChI=1S/C25H23FN4O4.C18H15BrFN3O4/c1-15-9-17(10-16(2)28-15)20-13-22-18(14-27-29(22)25-5-3-4-8-33-25)11-24(20)34-23-7-6-19(30(31)32)12-21(23)26;19-13-9-15-11(10-21-22(15)18-3-1-2-6-26-18)7-17(13)27-16-5-4-12(23(24)25)8-14(16)20/h6-7,9-14,25H,3-5,8H2,1-2H3;4-5,7-10,18H,1-3,6H2. The number of aryl methyl sites for hydroxylation is 2. The van der Waals surface area contributed by atoms with E-state index in [0.717, 1.165) is 95.0 Å². The summed E-state index contributed by atoms with van der Waals surface area (Å²) in [5.74, 6) is -1.01. The molecule has 0 N–H and O–H groups in total. The van der Waals surface area contributed by atoms with Crippen LogP contribution in [0.3, 0.4) is 0 Å². The SMILES string of the molecule is Cc1cc(-c2cc3c(cnn3C3CCCCO3)cc2Oc2ccc([N+](=O)[O-])cc2F)cc(C)n1.O=[N+]([O-])c1ccc(Oc2cc3cnn(C4CCCCO4)c3cc2Br)c(F)c1. The average molecular weight is 899 g/mol. The van der Waals surface area contributed by atoms with Gasteiger partial charge >= 0.3 is 0 Å². The molecule has 2 fully saturated rings. The molecule has 4 aromatic carbocycles. The summed E-state index contributed by atoms with van der Waals surface area (Å²) < 4.78 is 56.4. The van der Waals surface area contributed by atoms with Crippen LogP contribution in [0, 0.1) is 45.7 Å². The number of nitrogens with zero attached hydrogens (tertiary/aromatic N) is 7. The number of aromatic nitrogens is 5. The number of hydrogen-bond acceptors (Lipinski definition) is 11. The Balaban J connectivity index is 0.000000173. The molecule has 2 atom stereocenters. The molecular formula is C43H38BrF2N7O8. The van der Waals surface area contributed by atoms with Crippen molar-refractivity contribution >= 4 is 49.1 Å². The molecule has 18 heteroatoms. The van der Waals surface area contributed by atoms with E-state index in [9.17, 15) is 29.0 Å². The maximum Gasteiger partial charge on any atom is 0.272 e. The molecule has 0 aliphatic carbocycles. The van der Waals surface area contributed by atoms with Crippen molar-refractivity contribution in [3.8, 4) is 34.1 Å². The number of non-ortho nitro benzene ring substituents is 2. The number of ether oxygens (including phenoxy) is 4. The van der Waals surface area contributed by atoms with Crippen molar-refractivity contribution in [1.29, 1.82) is 0 Å². The van der Waals surface area contributed by atoms with Gasteiger partial charge in [-0.25, -0.2) is 18.1 Å². The van der Waals surface area contributed by atoms with Gasteiger partial charge in [-0.1, -0.05) is 0 Å². The monoisotopic (exact) mass is 897 g/mol. The van der Waals surface area contributed by atoms with E-state index in [1.165, 1.54) is 24.3 Å². The van der Waals surface area contributed by atoms with E-state index in [-0.39, 0.29) is 35.3 Å². The molecule has 3 aromatic heterocycles. The topological polar surface area (TPSA) is 172 Å². The summed E-state index contributed by atoms with van der Waals surface area (Å²) in [7, 11) is 0. The molecule has 15 nitrogen and oxygen atoms in total. The van der Waals surface area contributed by atoms with Crippen molar-refractivity contribution in [3.05, 3.63) is 133 Å². The van der Waals surface area contributed by atoms with Crippen molar-refractivity contribution in [1.82, 2.24) is 24.5 Å². The number of fused-ring (bicyclic) bond motifs is 2. The van der Waals surface area contributed by atoms with Crippen molar-refractivity contribution in [2.45, 2.75) is 64.8 Å².